The summed E-state index contributed by atoms with van der Waals surface area (Å²) in [5, 5.41) is 7.59. The van der Waals surface area contributed by atoms with Crippen molar-refractivity contribution in [2.24, 2.45) is 0 Å². The van der Waals surface area contributed by atoms with E-state index < -0.39 is 0 Å². The van der Waals surface area contributed by atoms with E-state index in [0.717, 1.165) is 5.69 Å². The van der Waals surface area contributed by atoms with E-state index in [1.807, 2.05) is 0 Å². The Bertz CT molecular complexity index is 2370. The molecule has 0 saturated heterocycles. The van der Waals surface area contributed by atoms with Crippen molar-refractivity contribution >= 4 is 43.4 Å². The van der Waals surface area contributed by atoms with Crippen molar-refractivity contribution in [3.05, 3.63) is 176 Å². The number of aromatic nitrogens is 1. The number of hydrogen-bond donors (Lipinski definition) is 0. The SMILES string of the molecule is c1ccc2c(-c3cc(-c4ccc(-n5c6ccccc6c6ccccc65)cc4)cc(-c4cccc5ccccc45)c3)cccc2c1. The minimum atomic E-state index is 1.16. The molecule has 9 aromatic rings. The Labute approximate surface area is 262 Å². The van der Waals surface area contributed by atoms with Crippen LogP contribution in [0.1, 0.15) is 0 Å². The van der Waals surface area contributed by atoms with E-state index in [-0.39, 0.29) is 0 Å². The molecular weight excluding hydrogens is 542 g/mol. The molecule has 0 unspecified atom stereocenters. The maximum Gasteiger partial charge on any atom is 0.0541 e. The fourth-order valence-electron chi connectivity index (χ4n) is 7.06. The van der Waals surface area contributed by atoms with Crippen LogP contribution in [0.5, 0.6) is 0 Å². The van der Waals surface area contributed by atoms with Crippen molar-refractivity contribution in [2.45, 2.75) is 0 Å². The summed E-state index contributed by atoms with van der Waals surface area (Å²) in [4.78, 5) is 0. The molecule has 0 amide bonds. The van der Waals surface area contributed by atoms with Crippen LogP contribution in [0.4, 0.5) is 0 Å². The number of hydrogen-bond acceptors (Lipinski definition) is 0. The average molecular weight is 572 g/mol. The summed E-state index contributed by atoms with van der Waals surface area (Å²) in [6.45, 7) is 0. The second-order valence-corrected chi connectivity index (χ2v) is 11.8. The van der Waals surface area contributed by atoms with E-state index in [4.69, 9.17) is 0 Å². The lowest BCUT2D eigenvalue weighted by atomic mass is 9.90. The van der Waals surface area contributed by atoms with Crippen LogP contribution < -0.4 is 0 Å². The monoisotopic (exact) mass is 571 g/mol. The zero-order chi connectivity index (χ0) is 29.7. The molecule has 0 aliphatic rings. The van der Waals surface area contributed by atoms with Crippen molar-refractivity contribution < 1.29 is 0 Å². The molecule has 1 aromatic heterocycles. The van der Waals surface area contributed by atoms with Gasteiger partial charge >= 0.3 is 0 Å². The first-order valence-electron chi connectivity index (χ1n) is 15.5. The highest BCUT2D eigenvalue weighted by Crippen LogP contribution is 2.39. The minimum absolute atomic E-state index is 1.16. The van der Waals surface area contributed by atoms with Gasteiger partial charge in [0.2, 0.25) is 0 Å². The zero-order valence-electron chi connectivity index (χ0n) is 24.7. The molecule has 210 valence electrons. The van der Waals surface area contributed by atoms with Crippen LogP contribution in [0.3, 0.4) is 0 Å². The van der Waals surface area contributed by atoms with Gasteiger partial charge in [0, 0.05) is 16.5 Å². The zero-order valence-corrected chi connectivity index (χ0v) is 24.7. The lowest BCUT2D eigenvalue weighted by molar-refractivity contribution is 1.18. The van der Waals surface area contributed by atoms with Gasteiger partial charge in [-0.1, -0.05) is 133 Å². The highest BCUT2D eigenvalue weighted by molar-refractivity contribution is 6.09. The van der Waals surface area contributed by atoms with Crippen LogP contribution >= 0.6 is 0 Å². The largest absolute Gasteiger partial charge is 0.309 e. The van der Waals surface area contributed by atoms with Gasteiger partial charge in [0.05, 0.1) is 11.0 Å². The Hall–Kier alpha value is -5.92. The lowest BCUT2D eigenvalue weighted by Gasteiger charge is -2.15. The van der Waals surface area contributed by atoms with Crippen LogP contribution in [-0.4, -0.2) is 4.57 Å². The van der Waals surface area contributed by atoms with Crippen LogP contribution in [-0.2, 0) is 0 Å². The number of para-hydroxylation sites is 2. The second-order valence-electron chi connectivity index (χ2n) is 11.8. The van der Waals surface area contributed by atoms with Crippen LogP contribution in [0.15, 0.2) is 176 Å². The van der Waals surface area contributed by atoms with Gasteiger partial charge in [0.25, 0.3) is 0 Å². The number of nitrogens with zero attached hydrogens (tertiary/aromatic N) is 1. The molecule has 0 atom stereocenters. The molecule has 1 heterocycles. The minimum Gasteiger partial charge on any atom is -0.309 e. The molecule has 1 heteroatoms. The maximum absolute atomic E-state index is 2.38. The summed E-state index contributed by atoms with van der Waals surface area (Å²) >= 11 is 0. The predicted molar refractivity (Wildman–Crippen MR) is 192 cm³/mol. The van der Waals surface area contributed by atoms with Crippen molar-refractivity contribution in [1.82, 2.24) is 4.57 Å². The van der Waals surface area contributed by atoms with Gasteiger partial charge < -0.3 is 4.57 Å². The maximum atomic E-state index is 2.38. The first-order chi connectivity index (χ1) is 22.3. The second kappa shape index (κ2) is 10.4. The van der Waals surface area contributed by atoms with Gasteiger partial charge in [-0.25, -0.2) is 0 Å². The molecule has 9 rings (SSSR count). The van der Waals surface area contributed by atoms with E-state index in [0.29, 0.717) is 0 Å². The molecule has 0 radical (unpaired) electrons. The standard InChI is InChI=1S/C44H29N/c1-3-15-37-31(11-1)13-9-19-39(37)34-27-33(28-35(29-34)40-20-10-14-32-12-2-4-16-38(32)40)30-23-25-36(26-24-30)45-43-21-7-5-17-41(43)42-18-6-8-22-44(42)45/h1-29H. The van der Waals surface area contributed by atoms with E-state index in [1.165, 1.54) is 76.7 Å². The summed E-state index contributed by atoms with van der Waals surface area (Å²) in [5.41, 5.74) is 11.0. The van der Waals surface area contributed by atoms with E-state index >= 15 is 0 Å². The van der Waals surface area contributed by atoms with Crippen molar-refractivity contribution in [3.8, 4) is 39.1 Å². The fourth-order valence-corrected chi connectivity index (χ4v) is 7.06. The van der Waals surface area contributed by atoms with Crippen LogP contribution in [0, 0.1) is 0 Å². The quantitative estimate of drug-likeness (QED) is 0.198. The third kappa shape index (κ3) is 4.24. The molecule has 1 nitrogen and oxygen atoms in total. The molecule has 0 aliphatic carbocycles. The van der Waals surface area contributed by atoms with Gasteiger partial charge in [-0.05, 0) is 97.4 Å². The molecule has 0 bridgehead atoms. The molecule has 45 heavy (non-hydrogen) atoms. The summed E-state index contributed by atoms with van der Waals surface area (Å²) < 4.78 is 2.38. The normalized spacial score (nSPS) is 11.6. The summed E-state index contributed by atoms with van der Waals surface area (Å²) in [6, 6.07) is 64.1. The molecule has 0 aliphatic heterocycles. The van der Waals surface area contributed by atoms with Crippen LogP contribution in [0.2, 0.25) is 0 Å². The highest BCUT2D eigenvalue weighted by atomic mass is 15.0. The molecule has 8 aromatic carbocycles. The first kappa shape index (κ1) is 25.6. The van der Waals surface area contributed by atoms with Crippen molar-refractivity contribution in [2.75, 3.05) is 0 Å². The van der Waals surface area contributed by atoms with Crippen molar-refractivity contribution in [1.29, 1.82) is 0 Å². The molecule has 0 spiro atoms. The third-order valence-corrected chi connectivity index (χ3v) is 9.17. The Kier molecular flexibility index (Phi) is 5.89. The molecule has 0 saturated carbocycles. The van der Waals surface area contributed by atoms with Gasteiger partial charge in [0.1, 0.15) is 0 Å². The predicted octanol–water partition coefficient (Wildman–Crippen LogP) is 12.1. The molecule has 0 N–H and O–H groups in total. The molecular formula is C44H29N. The van der Waals surface area contributed by atoms with Gasteiger partial charge in [-0.3, -0.25) is 0 Å². The smallest absolute Gasteiger partial charge is 0.0541 e. The Morgan fingerprint density at radius 1 is 0.289 bits per heavy atom. The van der Waals surface area contributed by atoms with E-state index in [2.05, 4.69) is 180 Å². The van der Waals surface area contributed by atoms with Gasteiger partial charge in [0.15, 0.2) is 0 Å². The van der Waals surface area contributed by atoms with Gasteiger partial charge in [-0.2, -0.15) is 0 Å². The summed E-state index contributed by atoms with van der Waals surface area (Å²) in [6.07, 6.45) is 0. The fraction of sp³-hybridized carbons (Fsp3) is 0. The summed E-state index contributed by atoms with van der Waals surface area (Å²) in [7, 11) is 0. The Balaban J connectivity index is 1.24. The van der Waals surface area contributed by atoms with E-state index in [1.54, 1.807) is 0 Å². The number of fused-ring (bicyclic) bond motifs is 5. The average Bonchev–Trinajstić information content (AvgIpc) is 3.45. The molecule has 0 fully saturated rings. The first-order valence-corrected chi connectivity index (χ1v) is 15.5. The third-order valence-electron chi connectivity index (χ3n) is 9.17. The van der Waals surface area contributed by atoms with Gasteiger partial charge in [-0.15, -0.1) is 0 Å². The topological polar surface area (TPSA) is 4.93 Å². The number of benzene rings is 8. The Morgan fingerprint density at radius 3 is 1.24 bits per heavy atom. The van der Waals surface area contributed by atoms with Crippen molar-refractivity contribution in [3.63, 3.8) is 0 Å². The Morgan fingerprint density at radius 2 is 0.711 bits per heavy atom. The summed E-state index contributed by atoms with van der Waals surface area (Å²) in [5.74, 6) is 0. The van der Waals surface area contributed by atoms with E-state index in [9.17, 15) is 0 Å². The van der Waals surface area contributed by atoms with Crippen LogP contribution in [0.25, 0.3) is 82.4 Å². The lowest BCUT2D eigenvalue weighted by Crippen LogP contribution is -1.94. The number of rotatable bonds is 4. The highest BCUT2D eigenvalue weighted by Gasteiger charge is 2.14.